The van der Waals surface area contributed by atoms with E-state index in [1.807, 2.05) is 6.92 Å². The molecule has 36 heavy (non-hydrogen) atoms. The third-order valence-electron chi connectivity index (χ3n) is 5.63. The van der Waals surface area contributed by atoms with Gasteiger partial charge in [0.2, 0.25) is 11.8 Å². The quantitative estimate of drug-likeness (QED) is 0.407. The second-order valence-electron chi connectivity index (χ2n) is 8.22. The number of pyridine rings is 1. The number of hydrogen-bond acceptors (Lipinski definition) is 9. The standard InChI is InChI=1S/C25H27Cl2N5O4/c1-2-35-24(34)3-4-31-5-7-32(8-6-31)25-28-14-21(15-29-25)36-23-10-17(16-33)9-22(30-23)18-11-19(26)13-20(27)12-18/h9-15,33H,2-8,16H2,1H3. The molecule has 3 aromatic rings. The molecule has 0 saturated carbocycles. The molecular formula is C25H27Cl2N5O4. The Morgan fingerprint density at radius 1 is 1.03 bits per heavy atom. The van der Waals surface area contributed by atoms with Crippen molar-refractivity contribution in [3.05, 3.63) is 58.3 Å². The van der Waals surface area contributed by atoms with Gasteiger partial charge in [-0.3, -0.25) is 9.69 Å². The number of hydrogen-bond donors (Lipinski definition) is 1. The largest absolute Gasteiger partial charge is 0.466 e. The number of carbonyl (C=O) groups excluding carboxylic acids is 1. The number of piperazine rings is 1. The molecule has 3 heterocycles. The van der Waals surface area contributed by atoms with E-state index in [-0.39, 0.29) is 12.6 Å². The maximum absolute atomic E-state index is 11.6. The first kappa shape index (κ1) is 26.1. The van der Waals surface area contributed by atoms with Gasteiger partial charge in [-0.25, -0.2) is 15.0 Å². The number of benzene rings is 1. The number of rotatable bonds is 9. The summed E-state index contributed by atoms with van der Waals surface area (Å²) < 4.78 is 10.9. The highest BCUT2D eigenvalue weighted by molar-refractivity contribution is 6.35. The van der Waals surface area contributed by atoms with Crippen LogP contribution in [0.15, 0.2) is 42.7 Å². The van der Waals surface area contributed by atoms with Crippen molar-refractivity contribution >= 4 is 35.1 Å². The first-order chi connectivity index (χ1) is 17.4. The summed E-state index contributed by atoms with van der Waals surface area (Å²) in [4.78, 5) is 29.3. The van der Waals surface area contributed by atoms with Crippen LogP contribution in [0, 0.1) is 0 Å². The van der Waals surface area contributed by atoms with Crippen molar-refractivity contribution in [2.45, 2.75) is 20.0 Å². The number of ether oxygens (including phenoxy) is 2. The van der Waals surface area contributed by atoms with E-state index >= 15 is 0 Å². The van der Waals surface area contributed by atoms with Crippen molar-refractivity contribution in [2.24, 2.45) is 0 Å². The van der Waals surface area contributed by atoms with Gasteiger partial charge in [-0.1, -0.05) is 23.2 Å². The van der Waals surface area contributed by atoms with Crippen LogP contribution in [0.4, 0.5) is 5.95 Å². The van der Waals surface area contributed by atoms with E-state index in [0.29, 0.717) is 64.0 Å². The van der Waals surface area contributed by atoms with Gasteiger partial charge in [0, 0.05) is 54.4 Å². The second-order valence-corrected chi connectivity index (χ2v) is 9.09. The van der Waals surface area contributed by atoms with Gasteiger partial charge in [0.25, 0.3) is 0 Å². The zero-order valence-electron chi connectivity index (χ0n) is 19.9. The fourth-order valence-corrected chi connectivity index (χ4v) is 4.38. The molecule has 11 heteroatoms. The lowest BCUT2D eigenvalue weighted by Gasteiger charge is -2.34. The predicted molar refractivity (Wildman–Crippen MR) is 138 cm³/mol. The van der Waals surface area contributed by atoms with Crippen LogP contribution in [0.3, 0.4) is 0 Å². The normalized spacial score (nSPS) is 14.1. The first-order valence-corrected chi connectivity index (χ1v) is 12.4. The SMILES string of the molecule is CCOC(=O)CCN1CCN(c2ncc(Oc3cc(CO)cc(-c4cc(Cl)cc(Cl)c4)n3)cn2)CC1. The molecule has 190 valence electrons. The van der Waals surface area contributed by atoms with Crippen molar-refractivity contribution in [2.75, 3.05) is 44.2 Å². The Morgan fingerprint density at radius 3 is 2.36 bits per heavy atom. The first-order valence-electron chi connectivity index (χ1n) is 11.6. The van der Waals surface area contributed by atoms with Gasteiger partial charge in [0.05, 0.1) is 37.7 Å². The summed E-state index contributed by atoms with van der Waals surface area (Å²) in [5.74, 6) is 1.16. The van der Waals surface area contributed by atoms with E-state index in [9.17, 15) is 9.90 Å². The number of aromatic nitrogens is 3. The Balaban J connectivity index is 1.38. The van der Waals surface area contributed by atoms with Gasteiger partial charge in [-0.05, 0) is 36.8 Å². The minimum Gasteiger partial charge on any atom is -0.466 e. The Hall–Kier alpha value is -2.98. The molecule has 0 spiro atoms. The number of esters is 1. The Labute approximate surface area is 219 Å². The molecule has 1 fully saturated rings. The van der Waals surface area contributed by atoms with Crippen LogP contribution in [0.2, 0.25) is 10.0 Å². The number of nitrogens with zero attached hydrogens (tertiary/aromatic N) is 5. The lowest BCUT2D eigenvalue weighted by atomic mass is 10.1. The van der Waals surface area contributed by atoms with Gasteiger partial charge in [0.1, 0.15) is 0 Å². The maximum Gasteiger partial charge on any atom is 0.307 e. The van der Waals surface area contributed by atoms with Crippen LogP contribution in [-0.4, -0.2) is 70.3 Å². The number of anilines is 1. The maximum atomic E-state index is 11.6. The molecule has 1 aliphatic rings. The molecule has 1 aromatic carbocycles. The average molecular weight is 532 g/mol. The molecule has 4 rings (SSSR count). The lowest BCUT2D eigenvalue weighted by molar-refractivity contribution is -0.143. The fourth-order valence-electron chi connectivity index (χ4n) is 3.85. The summed E-state index contributed by atoms with van der Waals surface area (Å²) in [5, 5.41) is 10.7. The lowest BCUT2D eigenvalue weighted by Crippen LogP contribution is -2.47. The van der Waals surface area contributed by atoms with Crippen molar-refractivity contribution in [1.29, 1.82) is 0 Å². The average Bonchev–Trinajstić information content (AvgIpc) is 2.88. The molecule has 0 aliphatic carbocycles. The Morgan fingerprint density at radius 2 is 1.72 bits per heavy atom. The van der Waals surface area contributed by atoms with E-state index < -0.39 is 0 Å². The van der Waals surface area contributed by atoms with E-state index in [1.54, 1.807) is 42.7 Å². The van der Waals surface area contributed by atoms with E-state index in [1.165, 1.54) is 0 Å². The van der Waals surface area contributed by atoms with Gasteiger partial charge < -0.3 is 19.5 Å². The molecule has 1 aliphatic heterocycles. The van der Waals surface area contributed by atoms with E-state index in [4.69, 9.17) is 32.7 Å². The minimum atomic E-state index is -0.179. The van der Waals surface area contributed by atoms with Crippen molar-refractivity contribution in [3.63, 3.8) is 0 Å². The number of aliphatic hydroxyl groups is 1. The Bertz CT molecular complexity index is 1170. The van der Waals surface area contributed by atoms with Crippen LogP contribution in [0.5, 0.6) is 11.6 Å². The third-order valence-corrected chi connectivity index (χ3v) is 6.07. The zero-order chi connectivity index (χ0) is 25.5. The van der Waals surface area contributed by atoms with Gasteiger partial charge in [0.15, 0.2) is 5.75 Å². The van der Waals surface area contributed by atoms with Crippen LogP contribution in [-0.2, 0) is 16.1 Å². The van der Waals surface area contributed by atoms with Crippen LogP contribution >= 0.6 is 23.2 Å². The molecule has 0 radical (unpaired) electrons. The Kier molecular flexibility index (Phi) is 8.93. The van der Waals surface area contributed by atoms with Crippen molar-refractivity contribution < 1.29 is 19.4 Å². The van der Waals surface area contributed by atoms with E-state index in [0.717, 1.165) is 26.2 Å². The van der Waals surface area contributed by atoms with Crippen molar-refractivity contribution in [3.8, 4) is 22.9 Å². The highest BCUT2D eigenvalue weighted by Gasteiger charge is 2.20. The highest BCUT2D eigenvalue weighted by Crippen LogP contribution is 2.30. The summed E-state index contributed by atoms with van der Waals surface area (Å²) in [5.41, 5.74) is 1.91. The van der Waals surface area contributed by atoms with Crippen LogP contribution in [0.25, 0.3) is 11.3 Å². The summed E-state index contributed by atoms with van der Waals surface area (Å²) in [6.07, 6.45) is 3.59. The molecule has 0 atom stereocenters. The van der Waals surface area contributed by atoms with Crippen LogP contribution < -0.4 is 9.64 Å². The number of aliphatic hydroxyl groups excluding tert-OH is 1. The van der Waals surface area contributed by atoms with Gasteiger partial charge >= 0.3 is 5.97 Å². The molecular weight excluding hydrogens is 505 g/mol. The summed E-state index contributed by atoms with van der Waals surface area (Å²) in [6, 6.07) is 8.53. The van der Waals surface area contributed by atoms with Gasteiger partial charge in [-0.15, -0.1) is 0 Å². The summed E-state index contributed by atoms with van der Waals surface area (Å²) >= 11 is 12.3. The summed E-state index contributed by atoms with van der Waals surface area (Å²) in [7, 11) is 0. The molecule has 1 saturated heterocycles. The van der Waals surface area contributed by atoms with E-state index in [2.05, 4.69) is 24.8 Å². The summed E-state index contributed by atoms with van der Waals surface area (Å²) in [6.45, 7) is 5.87. The zero-order valence-corrected chi connectivity index (χ0v) is 21.4. The molecule has 9 nitrogen and oxygen atoms in total. The molecule has 0 unspecified atom stereocenters. The molecule has 2 aromatic heterocycles. The monoisotopic (exact) mass is 531 g/mol. The highest BCUT2D eigenvalue weighted by atomic mass is 35.5. The smallest absolute Gasteiger partial charge is 0.307 e. The molecule has 0 amide bonds. The molecule has 1 N–H and O–H groups in total. The van der Waals surface area contributed by atoms with Crippen LogP contribution in [0.1, 0.15) is 18.9 Å². The minimum absolute atomic E-state index is 0.165. The number of carbonyl (C=O) groups is 1. The predicted octanol–water partition coefficient (Wildman–Crippen LogP) is 4.21. The molecule has 0 bridgehead atoms. The van der Waals surface area contributed by atoms with Crippen molar-refractivity contribution in [1.82, 2.24) is 19.9 Å². The fraction of sp³-hybridized carbons (Fsp3) is 0.360. The third kappa shape index (κ3) is 7.04. The topological polar surface area (TPSA) is 101 Å². The number of halogens is 2. The van der Waals surface area contributed by atoms with Gasteiger partial charge in [-0.2, -0.15) is 0 Å². The second kappa shape index (κ2) is 12.3.